The highest BCUT2D eigenvalue weighted by molar-refractivity contribution is 6.14. The molecule has 6 nitrogen and oxygen atoms in total. The van der Waals surface area contributed by atoms with E-state index >= 15 is 0 Å². The second-order valence-corrected chi connectivity index (χ2v) is 16.0. The Morgan fingerprint density at radius 2 is 0.810 bits per heavy atom. The van der Waals surface area contributed by atoms with Gasteiger partial charge in [-0.15, -0.1) is 0 Å². The van der Waals surface area contributed by atoms with Crippen LogP contribution in [0.15, 0.2) is 215 Å². The number of hydrogen-bond donors (Lipinski definition) is 0. The van der Waals surface area contributed by atoms with Crippen molar-refractivity contribution in [2.45, 2.75) is 0 Å². The lowest BCUT2D eigenvalue weighted by molar-refractivity contribution is 0.668. The van der Waals surface area contributed by atoms with Crippen molar-refractivity contribution in [1.82, 2.24) is 19.5 Å². The van der Waals surface area contributed by atoms with E-state index < -0.39 is 0 Å². The van der Waals surface area contributed by atoms with Gasteiger partial charge in [0, 0.05) is 54.7 Å². The number of benzene rings is 9. The number of rotatable bonds is 6. The van der Waals surface area contributed by atoms with Gasteiger partial charge in [-0.2, -0.15) is 0 Å². The molecule has 0 N–H and O–H groups in total. The molecule has 0 aliphatic heterocycles. The van der Waals surface area contributed by atoms with Crippen molar-refractivity contribution in [2.75, 3.05) is 0 Å². The second-order valence-electron chi connectivity index (χ2n) is 16.0. The summed E-state index contributed by atoms with van der Waals surface area (Å²) in [7, 11) is 0. The van der Waals surface area contributed by atoms with Crippen LogP contribution >= 0.6 is 0 Å². The van der Waals surface area contributed by atoms with Crippen molar-refractivity contribution in [2.24, 2.45) is 0 Å². The van der Waals surface area contributed by atoms with E-state index in [1.165, 1.54) is 27.4 Å². The van der Waals surface area contributed by atoms with Crippen LogP contribution in [0.25, 0.3) is 128 Å². The predicted octanol–water partition coefficient (Wildman–Crippen LogP) is 15.1. The van der Waals surface area contributed by atoms with Crippen molar-refractivity contribution in [3.63, 3.8) is 0 Å². The molecule has 6 heteroatoms. The van der Waals surface area contributed by atoms with E-state index in [0.717, 1.165) is 82.9 Å². The molecule has 9 aromatic carbocycles. The van der Waals surface area contributed by atoms with E-state index in [2.05, 4.69) is 144 Å². The minimum Gasteiger partial charge on any atom is -0.456 e. The third-order valence-corrected chi connectivity index (χ3v) is 12.3. The summed E-state index contributed by atoms with van der Waals surface area (Å²) in [5.41, 5.74) is 13.8. The maximum atomic E-state index is 6.68. The quantitative estimate of drug-likeness (QED) is 0.167. The van der Waals surface area contributed by atoms with Crippen molar-refractivity contribution in [1.29, 1.82) is 0 Å². The minimum absolute atomic E-state index is 0.563. The molecule has 63 heavy (non-hydrogen) atoms. The van der Waals surface area contributed by atoms with E-state index in [1.807, 2.05) is 66.7 Å². The molecule has 0 aliphatic carbocycles. The van der Waals surface area contributed by atoms with Crippen LogP contribution in [-0.2, 0) is 0 Å². The fraction of sp³-hybridized carbons (Fsp3) is 0. The van der Waals surface area contributed by atoms with Gasteiger partial charge >= 0.3 is 0 Å². The number of furan rings is 2. The average molecular weight is 807 g/mol. The minimum atomic E-state index is 0.563. The van der Waals surface area contributed by atoms with Crippen LogP contribution in [0.1, 0.15) is 0 Å². The molecule has 294 valence electrons. The van der Waals surface area contributed by atoms with Gasteiger partial charge in [-0.1, -0.05) is 133 Å². The summed E-state index contributed by atoms with van der Waals surface area (Å²) in [5.74, 6) is 1.72. The Morgan fingerprint density at radius 3 is 1.57 bits per heavy atom. The van der Waals surface area contributed by atoms with Gasteiger partial charge in [-0.05, 0) is 95.1 Å². The van der Waals surface area contributed by atoms with Crippen molar-refractivity contribution >= 4 is 65.7 Å². The Bertz CT molecular complexity index is 3900. The summed E-state index contributed by atoms with van der Waals surface area (Å²) in [6.45, 7) is 0. The summed E-state index contributed by atoms with van der Waals surface area (Å²) >= 11 is 0. The normalized spacial score (nSPS) is 11.8. The van der Waals surface area contributed by atoms with Crippen LogP contribution in [0.2, 0.25) is 0 Å². The van der Waals surface area contributed by atoms with Crippen molar-refractivity contribution in [3.05, 3.63) is 206 Å². The van der Waals surface area contributed by atoms with E-state index in [-0.39, 0.29) is 0 Å². The van der Waals surface area contributed by atoms with Gasteiger partial charge in [-0.3, -0.25) is 0 Å². The molecule has 0 unspecified atom stereocenters. The van der Waals surface area contributed by atoms with Gasteiger partial charge in [-0.25, -0.2) is 15.0 Å². The van der Waals surface area contributed by atoms with Crippen LogP contribution in [0.4, 0.5) is 0 Å². The van der Waals surface area contributed by atoms with Crippen LogP contribution in [0.3, 0.4) is 0 Å². The van der Waals surface area contributed by atoms with E-state index in [0.29, 0.717) is 17.5 Å². The summed E-state index contributed by atoms with van der Waals surface area (Å²) in [4.78, 5) is 15.3. The molecule has 0 fully saturated rings. The molecule has 0 aliphatic rings. The highest BCUT2D eigenvalue weighted by Gasteiger charge is 2.20. The maximum Gasteiger partial charge on any atom is 0.164 e. The highest BCUT2D eigenvalue weighted by Crippen LogP contribution is 2.41. The zero-order valence-electron chi connectivity index (χ0n) is 33.7. The molecule has 4 heterocycles. The standard InChI is InChI=1S/C57H34N4O2/c1-4-13-35(14-5-1)37-25-29-48-46(31-37)47-32-38(26-30-49(47)61(48)41-17-8-3-9-18-41)39-23-28-44-53(33-39)63-51-22-12-20-45(54(44)51)57-59-55(36-15-6-2-7-16-36)58-56(60-57)40-24-27-43-42-19-10-11-21-50(42)62-52(43)34-40/h1-34H. The lowest BCUT2D eigenvalue weighted by atomic mass is 9.99. The zero-order chi connectivity index (χ0) is 41.4. The Hall–Kier alpha value is -8.61. The molecular weight excluding hydrogens is 773 g/mol. The summed E-state index contributed by atoms with van der Waals surface area (Å²) in [6, 6.07) is 71.7. The monoisotopic (exact) mass is 806 g/mol. The molecule has 13 aromatic rings. The van der Waals surface area contributed by atoms with Crippen LogP contribution in [0, 0.1) is 0 Å². The molecule has 0 spiro atoms. The smallest absolute Gasteiger partial charge is 0.164 e. The summed E-state index contributed by atoms with van der Waals surface area (Å²) in [6.07, 6.45) is 0. The Morgan fingerprint density at radius 1 is 0.302 bits per heavy atom. The topological polar surface area (TPSA) is 69.9 Å². The average Bonchev–Trinajstić information content (AvgIpc) is 4.03. The van der Waals surface area contributed by atoms with Crippen LogP contribution in [-0.4, -0.2) is 19.5 Å². The van der Waals surface area contributed by atoms with E-state index in [9.17, 15) is 0 Å². The third kappa shape index (κ3) is 5.76. The molecular formula is C57H34N4O2. The second kappa shape index (κ2) is 14.0. The fourth-order valence-electron chi connectivity index (χ4n) is 9.27. The first-order valence-electron chi connectivity index (χ1n) is 21.1. The van der Waals surface area contributed by atoms with Crippen LogP contribution < -0.4 is 0 Å². The Labute approximate surface area is 361 Å². The molecule has 0 amide bonds. The molecule has 13 rings (SSSR count). The van der Waals surface area contributed by atoms with Gasteiger partial charge in [0.25, 0.3) is 0 Å². The van der Waals surface area contributed by atoms with E-state index in [4.69, 9.17) is 23.8 Å². The molecule has 0 saturated carbocycles. The number of para-hydroxylation sites is 2. The number of nitrogens with zero attached hydrogens (tertiary/aromatic N) is 4. The van der Waals surface area contributed by atoms with Gasteiger partial charge < -0.3 is 13.4 Å². The first-order chi connectivity index (χ1) is 31.2. The zero-order valence-corrected chi connectivity index (χ0v) is 33.7. The van der Waals surface area contributed by atoms with Crippen LogP contribution in [0.5, 0.6) is 0 Å². The number of hydrogen-bond acceptors (Lipinski definition) is 5. The molecule has 4 aromatic heterocycles. The van der Waals surface area contributed by atoms with Crippen molar-refractivity contribution < 1.29 is 8.83 Å². The number of fused-ring (bicyclic) bond motifs is 9. The third-order valence-electron chi connectivity index (χ3n) is 12.3. The number of aromatic nitrogens is 4. The Balaban J connectivity index is 0.952. The Kier molecular flexibility index (Phi) is 7.80. The first kappa shape index (κ1) is 35.2. The van der Waals surface area contributed by atoms with Gasteiger partial charge in [0.2, 0.25) is 0 Å². The van der Waals surface area contributed by atoms with Gasteiger partial charge in [0.05, 0.1) is 11.0 Å². The highest BCUT2D eigenvalue weighted by atomic mass is 16.3. The SMILES string of the molecule is c1ccc(-c2ccc3c(c2)c2cc(-c4ccc5c(c4)oc4cccc(-c6nc(-c7ccccc7)nc(-c7ccc8c(c7)oc7ccccc78)n6)c45)ccc2n3-c2ccccc2)cc1. The molecule has 0 bridgehead atoms. The lowest BCUT2D eigenvalue weighted by Gasteiger charge is -2.09. The predicted molar refractivity (Wildman–Crippen MR) is 256 cm³/mol. The molecule has 0 radical (unpaired) electrons. The van der Waals surface area contributed by atoms with E-state index in [1.54, 1.807) is 0 Å². The lowest BCUT2D eigenvalue weighted by Crippen LogP contribution is -2.00. The largest absolute Gasteiger partial charge is 0.456 e. The summed E-state index contributed by atoms with van der Waals surface area (Å²) in [5, 5.41) is 6.47. The summed E-state index contributed by atoms with van der Waals surface area (Å²) < 4.78 is 15.3. The van der Waals surface area contributed by atoms with Gasteiger partial charge in [0.15, 0.2) is 17.5 Å². The fourth-order valence-corrected chi connectivity index (χ4v) is 9.27. The molecule has 0 saturated heterocycles. The van der Waals surface area contributed by atoms with Gasteiger partial charge in [0.1, 0.15) is 22.3 Å². The van der Waals surface area contributed by atoms with Crippen molar-refractivity contribution in [3.8, 4) is 62.1 Å². The maximum absolute atomic E-state index is 6.68. The first-order valence-corrected chi connectivity index (χ1v) is 21.1. The molecule has 0 atom stereocenters.